The van der Waals surface area contributed by atoms with E-state index in [1.165, 1.54) is 42.7 Å². The van der Waals surface area contributed by atoms with Crippen molar-refractivity contribution in [2.24, 2.45) is 0 Å². The van der Waals surface area contributed by atoms with E-state index < -0.39 is 15.8 Å². The van der Waals surface area contributed by atoms with E-state index in [2.05, 4.69) is 4.74 Å². The van der Waals surface area contributed by atoms with E-state index in [1.54, 1.807) is 6.07 Å². The van der Waals surface area contributed by atoms with Gasteiger partial charge in [0.2, 0.25) is 9.84 Å². The van der Waals surface area contributed by atoms with Gasteiger partial charge >= 0.3 is 5.97 Å². The van der Waals surface area contributed by atoms with Crippen LogP contribution in [0.3, 0.4) is 0 Å². The topological polar surface area (TPSA) is 60.4 Å². The molecule has 0 N–H and O–H groups in total. The van der Waals surface area contributed by atoms with Crippen LogP contribution in [0.1, 0.15) is 22.2 Å². The number of thiophene rings is 1. The van der Waals surface area contributed by atoms with Crippen LogP contribution in [0.15, 0.2) is 45.5 Å². The summed E-state index contributed by atoms with van der Waals surface area (Å²) in [5.74, 6) is -0.553. The van der Waals surface area contributed by atoms with Gasteiger partial charge in [-0.2, -0.15) is 0 Å². The van der Waals surface area contributed by atoms with Crippen molar-refractivity contribution < 1.29 is 17.9 Å². The van der Waals surface area contributed by atoms with Gasteiger partial charge in [-0.25, -0.2) is 13.2 Å². The van der Waals surface area contributed by atoms with Crippen LogP contribution in [-0.2, 0) is 21.0 Å². The van der Waals surface area contributed by atoms with Crippen LogP contribution in [0.5, 0.6) is 0 Å². The Labute approximate surface area is 121 Å². The number of esters is 1. The minimum absolute atomic E-state index is 0.102. The predicted octanol–water partition coefficient (Wildman–Crippen LogP) is 2.93. The molecule has 1 aromatic carbocycles. The minimum Gasteiger partial charge on any atom is -0.465 e. The maximum Gasteiger partial charge on any atom is 0.337 e. The summed E-state index contributed by atoms with van der Waals surface area (Å²) in [7, 11) is -2.32. The molecule has 0 saturated heterocycles. The molecule has 4 nitrogen and oxygen atoms in total. The molecule has 0 bridgehead atoms. The molecule has 0 atom stereocenters. The zero-order valence-electron chi connectivity index (χ0n) is 11.1. The van der Waals surface area contributed by atoms with Gasteiger partial charge in [-0.05, 0) is 36.8 Å². The van der Waals surface area contributed by atoms with Crippen LogP contribution < -0.4 is 0 Å². The summed E-state index contributed by atoms with van der Waals surface area (Å²) in [6.07, 6.45) is 0.794. The first-order chi connectivity index (χ1) is 9.48. The largest absolute Gasteiger partial charge is 0.465 e. The van der Waals surface area contributed by atoms with Crippen LogP contribution in [0.25, 0.3) is 0 Å². The SMILES string of the molecule is CCc1ccc(S(=O)(=O)c2cccc(C(=O)OC)c2)s1. The molecule has 0 unspecified atom stereocenters. The normalized spacial score (nSPS) is 11.3. The molecule has 0 aliphatic heterocycles. The number of benzene rings is 1. The van der Waals surface area contributed by atoms with E-state index in [0.717, 1.165) is 11.3 Å². The van der Waals surface area contributed by atoms with E-state index in [9.17, 15) is 13.2 Å². The van der Waals surface area contributed by atoms with Gasteiger partial charge in [-0.1, -0.05) is 13.0 Å². The molecule has 2 aromatic rings. The summed E-state index contributed by atoms with van der Waals surface area (Å²) in [4.78, 5) is 12.6. The lowest BCUT2D eigenvalue weighted by atomic mass is 10.2. The number of carbonyl (C=O) groups is 1. The highest BCUT2D eigenvalue weighted by Crippen LogP contribution is 2.28. The third kappa shape index (κ3) is 2.76. The first-order valence-electron chi connectivity index (χ1n) is 6.01. The average molecular weight is 310 g/mol. The molecular formula is C14H14O4S2. The predicted molar refractivity (Wildman–Crippen MR) is 76.9 cm³/mol. The van der Waals surface area contributed by atoms with Crippen molar-refractivity contribution in [1.29, 1.82) is 0 Å². The Hall–Kier alpha value is -1.66. The highest BCUT2D eigenvalue weighted by atomic mass is 32.2. The fraction of sp³-hybridized carbons (Fsp3) is 0.214. The number of sulfone groups is 1. The Morgan fingerprint density at radius 2 is 2.00 bits per heavy atom. The average Bonchev–Trinajstić information content (AvgIpc) is 2.96. The molecular weight excluding hydrogens is 296 g/mol. The Balaban J connectivity index is 2.46. The van der Waals surface area contributed by atoms with Crippen molar-refractivity contribution in [2.45, 2.75) is 22.4 Å². The zero-order chi connectivity index (χ0) is 14.8. The molecule has 1 heterocycles. The third-order valence-corrected chi connectivity index (χ3v) is 6.29. The van der Waals surface area contributed by atoms with Crippen LogP contribution >= 0.6 is 11.3 Å². The van der Waals surface area contributed by atoms with Crippen LogP contribution in [0, 0.1) is 0 Å². The van der Waals surface area contributed by atoms with Crippen molar-refractivity contribution in [3.63, 3.8) is 0 Å². The van der Waals surface area contributed by atoms with Crippen LogP contribution in [0.2, 0.25) is 0 Å². The Morgan fingerprint density at radius 3 is 2.60 bits per heavy atom. The minimum atomic E-state index is -3.58. The van der Waals surface area contributed by atoms with E-state index in [0.29, 0.717) is 0 Å². The monoisotopic (exact) mass is 310 g/mol. The maximum absolute atomic E-state index is 12.5. The van der Waals surface area contributed by atoms with Crippen molar-refractivity contribution in [3.05, 3.63) is 46.8 Å². The van der Waals surface area contributed by atoms with Gasteiger partial charge in [0.15, 0.2) is 0 Å². The number of hydrogen-bond donors (Lipinski definition) is 0. The quantitative estimate of drug-likeness (QED) is 0.815. The summed E-state index contributed by atoms with van der Waals surface area (Å²) in [6.45, 7) is 1.97. The van der Waals surface area contributed by atoms with E-state index in [-0.39, 0.29) is 14.7 Å². The number of hydrogen-bond acceptors (Lipinski definition) is 5. The van der Waals surface area contributed by atoms with E-state index >= 15 is 0 Å². The van der Waals surface area contributed by atoms with Gasteiger partial charge in [-0.15, -0.1) is 11.3 Å². The molecule has 20 heavy (non-hydrogen) atoms. The number of carbonyl (C=O) groups excluding carboxylic acids is 1. The first-order valence-corrected chi connectivity index (χ1v) is 8.31. The second kappa shape index (κ2) is 5.76. The smallest absolute Gasteiger partial charge is 0.337 e. The molecule has 0 spiro atoms. The highest BCUT2D eigenvalue weighted by molar-refractivity contribution is 7.93. The van der Waals surface area contributed by atoms with Crippen molar-refractivity contribution in [3.8, 4) is 0 Å². The summed E-state index contributed by atoms with van der Waals surface area (Å²) >= 11 is 1.25. The Kier molecular flexibility index (Phi) is 4.25. The summed E-state index contributed by atoms with van der Waals surface area (Å²) < 4.78 is 29.9. The van der Waals surface area contributed by atoms with E-state index in [1.807, 2.05) is 13.0 Å². The molecule has 0 aliphatic carbocycles. The number of methoxy groups -OCH3 is 1. The Morgan fingerprint density at radius 1 is 1.25 bits per heavy atom. The van der Waals surface area contributed by atoms with Crippen molar-refractivity contribution >= 4 is 27.1 Å². The van der Waals surface area contributed by atoms with Crippen molar-refractivity contribution in [2.75, 3.05) is 7.11 Å². The van der Waals surface area contributed by atoms with E-state index in [4.69, 9.17) is 0 Å². The highest BCUT2D eigenvalue weighted by Gasteiger charge is 2.21. The van der Waals surface area contributed by atoms with Gasteiger partial charge in [0, 0.05) is 4.88 Å². The third-order valence-electron chi connectivity index (χ3n) is 2.82. The summed E-state index contributed by atoms with van der Waals surface area (Å²) in [6, 6.07) is 9.29. The van der Waals surface area contributed by atoms with Crippen LogP contribution in [-0.4, -0.2) is 21.5 Å². The molecule has 0 fully saturated rings. The van der Waals surface area contributed by atoms with Crippen molar-refractivity contribution in [1.82, 2.24) is 0 Å². The molecule has 0 saturated carbocycles. The lowest BCUT2D eigenvalue weighted by Gasteiger charge is -2.04. The number of rotatable bonds is 4. The molecule has 2 rings (SSSR count). The molecule has 0 amide bonds. The number of aryl methyl sites for hydroxylation is 1. The maximum atomic E-state index is 12.5. The molecule has 0 radical (unpaired) electrons. The summed E-state index contributed by atoms with van der Waals surface area (Å²) in [5, 5.41) is 0. The lowest BCUT2D eigenvalue weighted by Crippen LogP contribution is -2.05. The van der Waals surface area contributed by atoms with Crippen LogP contribution in [0.4, 0.5) is 0 Å². The standard InChI is InChI=1S/C14H14O4S2/c1-3-11-7-8-13(19-11)20(16,17)12-6-4-5-10(9-12)14(15)18-2/h4-9H,3H2,1-2H3. The lowest BCUT2D eigenvalue weighted by molar-refractivity contribution is 0.0600. The van der Waals surface area contributed by atoms with Gasteiger partial charge in [0.1, 0.15) is 4.21 Å². The fourth-order valence-corrected chi connectivity index (χ4v) is 4.46. The van der Waals surface area contributed by atoms with Gasteiger partial charge < -0.3 is 4.74 Å². The zero-order valence-corrected chi connectivity index (χ0v) is 12.8. The molecule has 6 heteroatoms. The Bertz CT molecular complexity index is 729. The molecule has 0 aliphatic rings. The number of ether oxygens (including phenoxy) is 1. The first kappa shape index (κ1) is 14.7. The molecule has 1 aromatic heterocycles. The van der Waals surface area contributed by atoms with Gasteiger partial charge in [-0.3, -0.25) is 0 Å². The van der Waals surface area contributed by atoms with Gasteiger partial charge in [0.25, 0.3) is 0 Å². The second-order valence-electron chi connectivity index (χ2n) is 4.10. The van der Waals surface area contributed by atoms with Gasteiger partial charge in [0.05, 0.1) is 17.6 Å². The fourth-order valence-electron chi connectivity index (χ4n) is 1.72. The molecule has 106 valence electrons. The second-order valence-corrected chi connectivity index (χ2v) is 7.44. The summed E-state index contributed by atoms with van der Waals surface area (Å²) in [5.41, 5.74) is 0.223.